The molecule has 0 aliphatic carbocycles. The van der Waals surface area contributed by atoms with Crippen LogP contribution >= 0.6 is 23.2 Å². The monoisotopic (exact) mass is 274 g/mol. The first kappa shape index (κ1) is 14.3. The highest BCUT2D eigenvalue weighted by molar-refractivity contribution is 6.35. The molecule has 0 spiro atoms. The molecule has 1 amide bonds. The Labute approximate surface area is 111 Å². The van der Waals surface area contributed by atoms with Crippen LogP contribution in [-0.2, 0) is 4.79 Å². The van der Waals surface area contributed by atoms with E-state index >= 15 is 0 Å². The normalized spacial score (nSPS) is 12.2. The number of amides is 1. The van der Waals surface area contributed by atoms with Gasteiger partial charge in [0, 0.05) is 22.3 Å². The van der Waals surface area contributed by atoms with Crippen molar-refractivity contribution in [2.24, 2.45) is 11.7 Å². The van der Waals surface area contributed by atoms with Gasteiger partial charge >= 0.3 is 0 Å². The Balaban J connectivity index is 2.72. The number of halogens is 2. The number of nitrogens with one attached hydrogen (secondary N) is 1. The van der Waals surface area contributed by atoms with E-state index in [9.17, 15) is 4.79 Å². The van der Waals surface area contributed by atoms with Crippen molar-refractivity contribution in [1.82, 2.24) is 0 Å². The van der Waals surface area contributed by atoms with Crippen LogP contribution in [0, 0.1) is 5.92 Å². The lowest BCUT2D eigenvalue weighted by atomic mass is 10.0. The molecule has 17 heavy (non-hydrogen) atoms. The van der Waals surface area contributed by atoms with Gasteiger partial charge in [-0.25, -0.2) is 0 Å². The summed E-state index contributed by atoms with van der Waals surface area (Å²) in [6, 6.07) is 4.93. The highest BCUT2D eigenvalue weighted by Gasteiger charge is 2.15. The van der Waals surface area contributed by atoms with Crippen molar-refractivity contribution in [3.05, 3.63) is 28.2 Å². The van der Waals surface area contributed by atoms with Gasteiger partial charge in [0.05, 0.1) is 5.92 Å². The number of rotatable bonds is 5. The zero-order valence-corrected chi connectivity index (χ0v) is 11.2. The summed E-state index contributed by atoms with van der Waals surface area (Å²) in [6.45, 7) is 2.36. The van der Waals surface area contributed by atoms with Gasteiger partial charge in [-0.1, -0.05) is 36.5 Å². The highest BCUT2D eigenvalue weighted by Crippen LogP contribution is 2.23. The molecule has 0 aliphatic rings. The Morgan fingerprint density at radius 1 is 1.35 bits per heavy atom. The number of carbonyl (C=O) groups excluding carboxylic acids is 1. The van der Waals surface area contributed by atoms with E-state index in [0.29, 0.717) is 22.3 Å². The van der Waals surface area contributed by atoms with Crippen LogP contribution in [0.3, 0.4) is 0 Å². The summed E-state index contributed by atoms with van der Waals surface area (Å²) in [5, 5.41) is 3.76. The molecule has 0 fully saturated rings. The topological polar surface area (TPSA) is 55.1 Å². The van der Waals surface area contributed by atoms with Crippen molar-refractivity contribution in [3.8, 4) is 0 Å². The van der Waals surface area contributed by atoms with E-state index in [0.717, 1.165) is 12.8 Å². The standard InChI is InChI=1S/C12H16Cl2N2O/c1-2-3-8(7-15)12(17)16-11-5-9(13)4-10(14)6-11/h4-6,8H,2-3,7,15H2,1H3,(H,16,17). The highest BCUT2D eigenvalue weighted by atomic mass is 35.5. The SMILES string of the molecule is CCCC(CN)C(=O)Nc1cc(Cl)cc(Cl)c1. The van der Waals surface area contributed by atoms with Gasteiger partial charge in [-0.3, -0.25) is 4.79 Å². The molecule has 1 aromatic rings. The number of carbonyl (C=O) groups is 1. The van der Waals surface area contributed by atoms with Gasteiger partial charge in [-0.2, -0.15) is 0 Å². The van der Waals surface area contributed by atoms with E-state index in [1.54, 1.807) is 18.2 Å². The molecule has 94 valence electrons. The average molecular weight is 275 g/mol. The van der Waals surface area contributed by atoms with Crippen LogP contribution in [0.15, 0.2) is 18.2 Å². The number of hydrogen-bond acceptors (Lipinski definition) is 2. The number of benzene rings is 1. The molecule has 1 aromatic carbocycles. The lowest BCUT2D eigenvalue weighted by Crippen LogP contribution is -2.29. The van der Waals surface area contributed by atoms with Crippen molar-refractivity contribution in [2.75, 3.05) is 11.9 Å². The van der Waals surface area contributed by atoms with Crippen molar-refractivity contribution in [3.63, 3.8) is 0 Å². The fraction of sp³-hybridized carbons (Fsp3) is 0.417. The van der Waals surface area contributed by atoms with Crippen LogP contribution in [0.5, 0.6) is 0 Å². The minimum absolute atomic E-state index is 0.0901. The molecular weight excluding hydrogens is 259 g/mol. The van der Waals surface area contributed by atoms with Crippen LogP contribution in [0.25, 0.3) is 0 Å². The molecule has 0 saturated heterocycles. The van der Waals surface area contributed by atoms with E-state index in [2.05, 4.69) is 5.32 Å². The molecule has 0 radical (unpaired) electrons. The summed E-state index contributed by atoms with van der Waals surface area (Å²) < 4.78 is 0. The summed E-state index contributed by atoms with van der Waals surface area (Å²) in [4.78, 5) is 11.9. The van der Waals surface area contributed by atoms with Gasteiger partial charge in [0.25, 0.3) is 0 Å². The zero-order chi connectivity index (χ0) is 12.8. The summed E-state index contributed by atoms with van der Waals surface area (Å²) >= 11 is 11.7. The number of hydrogen-bond donors (Lipinski definition) is 2. The van der Waals surface area contributed by atoms with Gasteiger partial charge < -0.3 is 11.1 Å². The summed E-state index contributed by atoms with van der Waals surface area (Å²) in [7, 11) is 0. The Kier molecular flexibility index (Phi) is 5.75. The van der Waals surface area contributed by atoms with Gasteiger partial charge in [-0.15, -0.1) is 0 Å². The number of nitrogens with two attached hydrogens (primary N) is 1. The zero-order valence-electron chi connectivity index (χ0n) is 9.67. The Hall–Kier alpha value is -0.770. The lowest BCUT2D eigenvalue weighted by molar-refractivity contribution is -0.119. The van der Waals surface area contributed by atoms with E-state index in [4.69, 9.17) is 28.9 Å². The molecular formula is C12H16Cl2N2O. The minimum Gasteiger partial charge on any atom is -0.330 e. The van der Waals surface area contributed by atoms with Crippen molar-refractivity contribution in [2.45, 2.75) is 19.8 Å². The quantitative estimate of drug-likeness (QED) is 0.866. The summed E-state index contributed by atoms with van der Waals surface area (Å²) in [6.07, 6.45) is 1.70. The molecule has 1 unspecified atom stereocenters. The Bertz CT molecular complexity index is 376. The van der Waals surface area contributed by atoms with Gasteiger partial charge in [0.2, 0.25) is 5.91 Å². The smallest absolute Gasteiger partial charge is 0.228 e. The molecule has 0 bridgehead atoms. The van der Waals surface area contributed by atoms with E-state index < -0.39 is 0 Å². The van der Waals surface area contributed by atoms with E-state index in [1.807, 2.05) is 6.92 Å². The maximum absolute atomic E-state index is 11.9. The second-order valence-corrected chi connectivity index (χ2v) is 4.74. The first-order chi connectivity index (χ1) is 8.06. The van der Waals surface area contributed by atoms with Crippen LogP contribution in [0.1, 0.15) is 19.8 Å². The fourth-order valence-electron chi connectivity index (χ4n) is 1.57. The molecule has 3 nitrogen and oxygen atoms in total. The molecule has 5 heteroatoms. The first-order valence-electron chi connectivity index (χ1n) is 5.53. The van der Waals surface area contributed by atoms with Crippen LogP contribution < -0.4 is 11.1 Å². The third kappa shape index (κ3) is 4.54. The molecule has 3 N–H and O–H groups in total. The van der Waals surface area contributed by atoms with Gasteiger partial charge in [-0.05, 0) is 24.6 Å². The maximum atomic E-state index is 11.9. The van der Waals surface area contributed by atoms with Crippen molar-refractivity contribution >= 4 is 34.8 Å². The first-order valence-corrected chi connectivity index (χ1v) is 6.29. The second-order valence-electron chi connectivity index (χ2n) is 3.87. The molecule has 0 heterocycles. The van der Waals surface area contributed by atoms with Crippen molar-refractivity contribution in [1.29, 1.82) is 0 Å². The number of anilines is 1. The maximum Gasteiger partial charge on any atom is 0.228 e. The summed E-state index contributed by atoms with van der Waals surface area (Å²) in [5.41, 5.74) is 6.16. The van der Waals surface area contributed by atoms with Crippen molar-refractivity contribution < 1.29 is 4.79 Å². The third-order valence-corrected chi connectivity index (χ3v) is 2.86. The largest absolute Gasteiger partial charge is 0.330 e. The predicted octanol–water partition coefficient (Wildman–Crippen LogP) is 3.31. The Morgan fingerprint density at radius 3 is 2.41 bits per heavy atom. The lowest BCUT2D eigenvalue weighted by Gasteiger charge is -2.14. The fourth-order valence-corrected chi connectivity index (χ4v) is 2.10. The molecule has 0 aliphatic heterocycles. The molecule has 0 aromatic heterocycles. The van der Waals surface area contributed by atoms with E-state index in [1.165, 1.54) is 0 Å². The van der Waals surface area contributed by atoms with Gasteiger partial charge in [0.1, 0.15) is 0 Å². The average Bonchev–Trinajstić information content (AvgIpc) is 2.24. The molecule has 1 rings (SSSR count). The van der Waals surface area contributed by atoms with Crippen LogP contribution in [0.4, 0.5) is 5.69 Å². The van der Waals surface area contributed by atoms with Gasteiger partial charge in [0.15, 0.2) is 0 Å². The predicted molar refractivity (Wildman–Crippen MR) is 72.5 cm³/mol. The third-order valence-electron chi connectivity index (χ3n) is 2.42. The molecule has 0 saturated carbocycles. The second kappa shape index (κ2) is 6.84. The Morgan fingerprint density at radius 2 is 1.94 bits per heavy atom. The van der Waals surface area contributed by atoms with E-state index in [-0.39, 0.29) is 11.8 Å². The van der Waals surface area contributed by atoms with Crippen LogP contribution in [0.2, 0.25) is 10.0 Å². The minimum atomic E-state index is -0.169. The molecule has 1 atom stereocenters. The summed E-state index contributed by atoms with van der Waals surface area (Å²) in [5.74, 6) is -0.259. The van der Waals surface area contributed by atoms with Crippen LogP contribution in [-0.4, -0.2) is 12.5 Å².